The van der Waals surface area contributed by atoms with Crippen LogP contribution in [0, 0.1) is 6.92 Å². The molecule has 0 fully saturated rings. The van der Waals surface area contributed by atoms with Crippen molar-refractivity contribution in [3.63, 3.8) is 0 Å². The Morgan fingerprint density at radius 2 is 2.00 bits per heavy atom. The molecule has 1 aromatic carbocycles. The molecule has 1 unspecified atom stereocenters. The molecule has 3 heteroatoms. The summed E-state index contributed by atoms with van der Waals surface area (Å²) in [6.45, 7) is 2.03. The van der Waals surface area contributed by atoms with Gasteiger partial charge in [0.25, 0.3) is 0 Å². The molecule has 0 radical (unpaired) electrons. The normalized spacial score (nSPS) is 13.2. The third-order valence-corrected chi connectivity index (χ3v) is 2.48. The highest BCUT2D eigenvalue weighted by atomic mass is 16.4. The van der Waals surface area contributed by atoms with Crippen LogP contribution in [0.15, 0.2) is 36.4 Å². The number of aliphatic carboxylic acids is 1. The molecule has 0 bridgehead atoms. The predicted molar refractivity (Wildman–Crippen MR) is 64.4 cm³/mol. The van der Waals surface area contributed by atoms with E-state index in [4.69, 9.17) is 5.11 Å². The molecule has 0 saturated heterocycles. The van der Waals surface area contributed by atoms with Crippen molar-refractivity contribution < 1.29 is 9.90 Å². The van der Waals surface area contributed by atoms with Gasteiger partial charge in [-0.2, -0.15) is 0 Å². The summed E-state index contributed by atoms with van der Waals surface area (Å²) in [5.74, 6) is -0.916. The van der Waals surface area contributed by atoms with Crippen LogP contribution in [-0.2, 0) is 4.79 Å². The van der Waals surface area contributed by atoms with Crippen LogP contribution < -0.4 is 0 Å². The van der Waals surface area contributed by atoms with E-state index in [0.29, 0.717) is 0 Å². The van der Waals surface area contributed by atoms with Crippen LogP contribution in [0.5, 0.6) is 0 Å². The highest BCUT2D eigenvalue weighted by Gasteiger charge is 2.12. The molecular formula is C13H17NO2. The van der Waals surface area contributed by atoms with Gasteiger partial charge in [0.1, 0.15) is 0 Å². The van der Waals surface area contributed by atoms with Gasteiger partial charge in [-0.05, 0) is 32.1 Å². The summed E-state index contributed by atoms with van der Waals surface area (Å²) in [4.78, 5) is 12.5. The van der Waals surface area contributed by atoms with E-state index in [9.17, 15) is 4.79 Å². The Balaban J connectivity index is 3.03. The highest BCUT2D eigenvalue weighted by Crippen LogP contribution is 2.22. The number of benzene rings is 1. The summed E-state index contributed by atoms with van der Waals surface area (Å²) in [6, 6.07) is 7.99. The van der Waals surface area contributed by atoms with E-state index in [1.807, 2.05) is 50.2 Å². The Kier molecular flexibility index (Phi) is 4.26. The van der Waals surface area contributed by atoms with E-state index in [1.165, 1.54) is 6.08 Å². The fraction of sp³-hybridized carbons (Fsp3) is 0.308. The predicted octanol–water partition coefficient (Wildman–Crippen LogP) is 2.24. The number of carboxylic acids is 1. The van der Waals surface area contributed by atoms with Gasteiger partial charge in [-0.15, -0.1) is 0 Å². The molecule has 0 heterocycles. The third kappa shape index (κ3) is 3.21. The monoisotopic (exact) mass is 219 g/mol. The Hall–Kier alpha value is -1.61. The molecule has 1 rings (SSSR count). The maximum absolute atomic E-state index is 10.5. The van der Waals surface area contributed by atoms with Crippen molar-refractivity contribution in [1.29, 1.82) is 0 Å². The first-order valence-electron chi connectivity index (χ1n) is 5.15. The summed E-state index contributed by atoms with van der Waals surface area (Å²) in [6.07, 6.45) is 2.89. The molecule has 0 amide bonds. The maximum atomic E-state index is 10.5. The topological polar surface area (TPSA) is 40.5 Å². The summed E-state index contributed by atoms with van der Waals surface area (Å²) in [5, 5.41) is 8.66. The zero-order valence-electron chi connectivity index (χ0n) is 9.84. The first-order valence-corrected chi connectivity index (χ1v) is 5.15. The van der Waals surface area contributed by atoms with Crippen molar-refractivity contribution >= 4 is 5.97 Å². The van der Waals surface area contributed by atoms with Crippen LogP contribution in [0.1, 0.15) is 17.2 Å². The quantitative estimate of drug-likeness (QED) is 0.789. The van der Waals surface area contributed by atoms with Gasteiger partial charge in [0.2, 0.25) is 0 Å². The Morgan fingerprint density at radius 3 is 2.50 bits per heavy atom. The zero-order valence-corrected chi connectivity index (χ0v) is 9.84. The Labute approximate surface area is 96.0 Å². The van der Waals surface area contributed by atoms with Gasteiger partial charge in [0, 0.05) is 6.08 Å². The van der Waals surface area contributed by atoms with Crippen molar-refractivity contribution in [3.05, 3.63) is 47.5 Å². The van der Waals surface area contributed by atoms with E-state index in [-0.39, 0.29) is 6.04 Å². The SMILES string of the molecule is Cc1ccccc1C(/C=C/C(=O)O)N(C)C. The number of rotatable bonds is 4. The fourth-order valence-electron chi connectivity index (χ4n) is 1.65. The zero-order chi connectivity index (χ0) is 12.1. The van der Waals surface area contributed by atoms with E-state index < -0.39 is 5.97 Å². The summed E-state index contributed by atoms with van der Waals surface area (Å²) in [7, 11) is 3.87. The van der Waals surface area contributed by atoms with Gasteiger partial charge >= 0.3 is 5.97 Å². The van der Waals surface area contributed by atoms with Crippen molar-refractivity contribution in [2.45, 2.75) is 13.0 Å². The number of nitrogens with zero attached hydrogens (tertiary/aromatic N) is 1. The Morgan fingerprint density at radius 1 is 1.38 bits per heavy atom. The van der Waals surface area contributed by atoms with E-state index in [0.717, 1.165) is 11.1 Å². The molecule has 3 nitrogen and oxygen atoms in total. The van der Waals surface area contributed by atoms with Crippen molar-refractivity contribution in [1.82, 2.24) is 4.90 Å². The lowest BCUT2D eigenvalue weighted by molar-refractivity contribution is -0.131. The smallest absolute Gasteiger partial charge is 0.328 e. The molecule has 16 heavy (non-hydrogen) atoms. The van der Waals surface area contributed by atoms with Gasteiger partial charge < -0.3 is 5.11 Å². The minimum atomic E-state index is -0.916. The fourth-order valence-corrected chi connectivity index (χ4v) is 1.65. The third-order valence-electron chi connectivity index (χ3n) is 2.48. The number of carbonyl (C=O) groups is 1. The number of hydrogen-bond acceptors (Lipinski definition) is 2. The molecular weight excluding hydrogens is 202 g/mol. The van der Waals surface area contributed by atoms with Crippen LogP contribution in [0.3, 0.4) is 0 Å². The van der Waals surface area contributed by atoms with Gasteiger partial charge in [0.15, 0.2) is 0 Å². The van der Waals surface area contributed by atoms with Crippen molar-refractivity contribution in [2.75, 3.05) is 14.1 Å². The van der Waals surface area contributed by atoms with Crippen LogP contribution in [-0.4, -0.2) is 30.1 Å². The van der Waals surface area contributed by atoms with Crippen LogP contribution in [0.4, 0.5) is 0 Å². The van der Waals surface area contributed by atoms with Crippen LogP contribution in [0.2, 0.25) is 0 Å². The second-order valence-electron chi connectivity index (χ2n) is 3.96. The number of likely N-dealkylation sites (N-methyl/N-ethyl adjacent to an activating group) is 1. The standard InChI is InChI=1S/C13H17NO2/c1-10-6-4-5-7-11(10)12(14(2)3)8-9-13(15)16/h4-9,12H,1-3H3,(H,15,16)/b9-8+. The molecule has 0 aliphatic heterocycles. The lowest BCUT2D eigenvalue weighted by Crippen LogP contribution is -2.19. The van der Waals surface area contributed by atoms with Crippen LogP contribution in [0.25, 0.3) is 0 Å². The molecule has 1 aromatic rings. The second-order valence-corrected chi connectivity index (χ2v) is 3.96. The lowest BCUT2D eigenvalue weighted by atomic mass is 10.00. The largest absolute Gasteiger partial charge is 0.478 e. The minimum absolute atomic E-state index is 0.00250. The van der Waals surface area contributed by atoms with E-state index >= 15 is 0 Å². The first-order chi connectivity index (χ1) is 7.52. The van der Waals surface area contributed by atoms with Crippen LogP contribution >= 0.6 is 0 Å². The van der Waals surface area contributed by atoms with Crippen molar-refractivity contribution in [2.24, 2.45) is 0 Å². The average molecular weight is 219 g/mol. The molecule has 0 saturated carbocycles. The molecule has 1 atom stereocenters. The summed E-state index contributed by atoms with van der Waals surface area (Å²) in [5.41, 5.74) is 2.29. The molecule has 0 aliphatic carbocycles. The molecule has 86 valence electrons. The summed E-state index contributed by atoms with van der Waals surface area (Å²) >= 11 is 0. The highest BCUT2D eigenvalue weighted by molar-refractivity contribution is 5.79. The first kappa shape index (κ1) is 12.5. The summed E-state index contributed by atoms with van der Waals surface area (Å²) < 4.78 is 0. The van der Waals surface area contributed by atoms with Gasteiger partial charge in [-0.3, -0.25) is 4.90 Å². The van der Waals surface area contributed by atoms with Gasteiger partial charge in [0.05, 0.1) is 6.04 Å². The lowest BCUT2D eigenvalue weighted by Gasteiger charge is -2.22. The van der Waals surface area contributed by atoms with Gasteiger partial charge in [-0.25, -0.2) is 4.79 Å². The molecule has 0 spiro atoms. The number of carboxylic acid groups (broad SMARTS) is 1. The maximum Gasteiger partial charge on any atom is 0.328 e. The Bertz CT molecular complexity index is 397. The van der Waals surface area contributed by atoms with E-state index in [1.54, 1.807) is 6.08 Å². The number of aryl methyl sites for hydroxylation is 1. The molecule has 1 N–H and O–H groups in total. The second kappa shape index (κ2) is 5.47. The number of hydrogen-bond donors (Lipinski definition) is 1. The van der Waals surface area contributed by atoms with Gasteiger partial charge in [-0.1, -0.05) is 30.3 Å². The average Bonchev–Trinajstić information content (AvgIpc) is 2.20. The van der Waals surface area contributed by atoms with Crippen molar-refractivity contribution in [3.8, 4) is 0 Å². The molecule has 0 aliphatic rings. The molecule has 0 aromatic heterocycles. The minimum Gasteiger partial charge on any atom is -0.478 e. The van der Waals surface area contributed by atoms with E-state index in [2.05, 4.69) is 0 Å².